The Morgan fingerprint density at radius 3 is 2.80 bits per heavy atom. The van der Waals surface area contributed by atoms with E-state index < -0.39 is 10.0 Å². The molecule has 0 amide bonds. The van der Waals surface area contributed by atoms with Gasteiger partial charge in [-0.1, -0.05) is 12.1 Å². The molecule has 2 heterocycles. The van der Waals surface area contributed by atoms with E-state index in [1.165, 1.54) is 6.20 Å². The lowest BCUT2D eigenvalue weighted by molar-refractivity contribution is 0.579. The Morgan fingerprint density at radius 1 is 1.30 bits per heavy atom. The zero-order chi connectivity index (χ0) is 14.2. The van der Waals surface area contributed by atoms with Gasteiger partial charge in [0.05, 0.1) is 29.5 Å². The molecule has 1 aromatic carbocycles. The van der Waals surface area contributed by atoms with Gasteiger partial charge in [0.2, 0.25) is 10.0 Å². The van der Waals surface area contributed by atoms with Crippen molar-refractivity contribution in [2.24, 2.45) is 0 Å². The van der Waals surface area contributed by atoms with Gasteiger partial charge in [-0.25, -0.2) is 18.1 Å². The number of para-hydroxylation sites is 2. The number of hydrogen-bond donors (Lipinski definition) is 3. The van der Waals surface area contributed by atoms with Gasteiger partial charge in [0.15, 0.2) is 0 Å². The molecule has 0 unspecified atom stereocenters. The van der Waals surface area contributed by atoms with Crippen molar-refractivity contribution in [1.82, 2.24) is 24.9 Å². The lowest BCUT2D eigenvalue weighted by Gasteiger charge is -2.03. The summed E-state index contributed by atoms with van der Waals surface area (Å²) in [7, 11) is -3.59. The summed E-state index contributed by atoms with van der Waals surface area (Å²) in [6.45, 7) is 1.75. The van der Waals surface area contributed by atoms with Crippen LogP contribution < -0.4 is 4.72 Å². The highest BCUT2D eigenvalue weighted by molar-refractivity contribution is 7.89. The van der Waals surface area contributed by atoms with Crippen LogP contribution in [0.15, 0.2) is 35.4 Å². The minimum atomic E-state index is -3.59. The minimum absolute atomic E-state index is 0.0988. The summed E-state index contributed by atoms with van der Waals surface area (Å²) in [6.07, 6.45) is 1.29. The maximum absolute atomic E-state index is 12.1. The molecule has 0 aliphatic heterocycles. The number of nitrogens with zero attached hydrogens (tertiary/aromatic N) is 2. The van der Waals surface area contributed by atoms with Crippen LogP contribution in [-0.4, -0.2) is 28.6 Å². The van der Waals surface area contributed by atoms with Crippen molar-refractivity contribution >= 4 is 21.1 Å². The molecule has 2 aromatic heterocycles. The number of aromatic nitrogens is 4. The smallest absolute Gasteiger partial charge is 0.244 e. The third-order valence-electron chi connectivity index (χ3n) is 2.94. The summed E-state index contributed by atoms with van der Waals surface area (Å²) in [5.74, 6) is 0.566. The SMILES string of the molecule is Cc1[nH]ncc1S(=O)(=O)NCc1nc2ccccc2[nH]1. The Morgan fingerprint density at radius 2 is 2.10 bits per heavy atom. The zero-order valence-corrected chi connectivity index (χ0v) is 11.5. The highest BCUT2D eigenvalue weighted by Crippen LogP contribution is 2.13. The van der Waals surface area contributed by atoms with Gasteiger partial charge in [-0.15, -0.1) is 0 Å². The first-order valence-corrected chi connectivity index (χ1v) is 7.48. The van der Waals surface area contributed by atoms with Crippen molar-refractivity contribution in [3.8, 4) is 0 Å². The van der Waals surface area contributed by atoms with Gasteiger partial charge in [-0.3, -0.25) is 5.10 Å². The zero-order valence-electron chi connectivity index (χ0n) is 10.7. The highest BCUT2D eigenvalue weighted by Gasteiger charge is 2.18. The van der Waals surface area contributed by atoms with Crippen LogP contribution in [0.25, 0.3) is 11.0 Å². The average Bonchev–Trinajstić information content (AvgIpc) is 3.02. The number of sulfonamides is 1. The fourth-order valence-corrected chi connectivity index (χ4v) is 3.06. The largest absolute Gasteiger partial charge is 0.341 e. The van der Waals surface area contributed by atoms with E-state index in [1.54, 1.807) is 6.92 Å². The van der Waals surface area contributed by atoms with Crippen molar-refractivity contribution in [3.05, 3.63) is 42.0 Å². The van der Waals surface area contributed by atoms with Crippen LogP contribution in [0, 0.1) is 6.92 Å². The number of aromatic amines is 2. The number of nitrogens with one attached hydrogen (secondary N) is 3. The van der Waals surface area contributed by atoms with Crippen LogP contribution >= 0.6 is 0 Å². The number of hydrogen-bond acceptors (Lipinski definition) is 4. The van der Waals surface area contributed by atoms with Gasteiger partial charge >= 0.3 is 0 Å². The van der Waals surface area contributed by atoms with Crippen LogP contribution in [0.1, 0.15) is 11.5 Å². The number of aryl methyl sites for hydroxylation is 1. The summed E-state index contributed by atoms with van der Waals surface area (Å²) in [5.41, 5.74) is 2.18. The molecule has 104 valence electrons. The molecule has 7 nitrogen and oxygen atoms in total. The summed E-state index contributed by atoms with van der Waals surface area (Å²) >= 11 is 0. The topological polar surface area (TPSA) is 104 Å². The Labute approximate surface area is 115 Å². The van der Waals surface area contributed by atoms with E-state index in [-0.39, 0.29) is 11.4 Å². The molecular formula is C12H13N5O2S. The first-order valence-electron chi connectivity index (χ1n) is 5.99. The van der Waals surface area contributed by atoms with Gasteiger partial charge in [0.1, 0.15) is 10.7 Å². The maximum Gasteiger partial charge on any atom is 0.244 e. The second kappa shape index (κ2) is 4.73. The second-order valence-electron chi connectivity index (χ2n) is 4.38. The van der Waals surface area contributed by atoms with E-state index >= 15 is 0 Å². The predicted octanol–water partition coefficient (Wildman–Crippen LogP) is 1.07. The third-order valence-corrected chi connectivity index (χ3v) is 4.46. The highest BCUT2D eigenvalue weighted by atomic mass is 32.2. The molecule has 20 heavy (non-hydrogen) atoms. The van der Waals surface area contributed by atoms with Crippen molar-refractivity contribution in [3.63, 3.8) is 0 Å². The van der Waals surface area contributed by atoms with Crippen molar-refractivity contribution in [1.29, 1.82) is 0 Å². The number of fused-ring (bicyclic) bond motifs is 1. The molecule has 0 bridgehead atoms. The predicted molar refractivity (Wildman–Crippen MR) is 73.4 cm³/mol. The van der Waals surface area contributed by atoms with Gasteiger partial charge in [-0.05, 0) is 19.1 Å². The van der Waals surface area contributed by atoms with E-state index in [1.807, 2.05) is 24.3 Å². The summed E-state index contributed by atoms with van der Waals surface area (Å²) in [6, 6.07) is 7.53. The van der Waals surface area contributed by atoms with Gasteiger partial charge in [-0.2, -0.15) is 5.10 Å². The molecule has 0 saturated carbocycles. The van der Waals surface area contributed by atoms with Crippen molar-refractivity contribution in [2.45, 2.75) is 18.4 Å². The molecule has 3 N–H and O–H groups in total. The lowest BCUT2D eigenvalue weighted by atomic mass is 10.3. The Kier molecular flexibility index (Phi) is 3.03. The first-order chi connectivity index (χ1) is 9.56. The van der Waals surface area contributed by atoms with E-state index in [0.29, 0.717) is 11.5 Å². The molecule has 3 rings (SSSR count). The molecule has 3 aromatic rings. The van der Waals surface area contributed by atoms with Crippen LogP contribution in [0.5, 0.6) is 0 Å². The van der Waals surface area contributed by atoms with Crippen molar-refractivity contribution in [2.75, 3.05) is 0 Å². The summed E-state index contributed by atoms with van der Waals surface area (Å²) in [4.78, 5) is 7.53. The molecule has 8 heteroatoms. The number of rotatable bonds is 4. The molecule has 0 spiro atoms. The Balaban J connectivity index is 1.81. The number of benzene rings is 1. The molecule has 0 fully saturated rings. The molecular weight excluding hydrogens is 278 g/mol. The van der Waals surface area contributed by atoms with Gasteiger partial charge in [0.25, 0.3) is 0 Å². The quantitative estimate of drug-likeness (QED) is 0.669. The van der Waals surface area contributed by atoms with E-state index in [0.717, 1.165) is 11.0 Å². The third kappa shape index (κ3) is 2.30. The molecule has 0 saturated heterocycles. The summed E-state index contributed by atoms with van der Waals surface area (Å²) in [5, 5.41) is 6.31. The van der Waals surface area contributed by atoms with E-state index in [2.05, 4.69) is 24.9 Å². The lowest BCUT2D eigenvalue weighted by Crippen LogP contribution is -2.24. The van der Waals surface area contributed by atoms with Gasteiger partial charge < -0.3 is 4.98 Å². The molecule has 0 atom stereocenters. The number of imidazole rings is 1. The van der Waals surface area contributed by atoms with Crippen LogP contribution in [-0.2, 0) is 16.6 Å². The number of H-pyrrole nitrogens is 2. The fourth-order valence-electron chi connectivity index (χ4n) is 1.94. The monoisotopic (exact) mass is 291 g/mol. The minimum Gasteiger partial charge on any atom is -0.341 e. The molecule has 0 aliphatic carbocycles. The molecule has 0 aliphatic rings. The normalized spacial score (nSPS) is 12.1. The Bertz CT molecular complexity index is 816. The second-order valence-corrected chi connectivity index (χ2v) is 6.12. The van der Waals surface area contributed by atoms with Crippen molar-refractivity contribution < 1.29 is 8.42 Å². The van der Waals surface area contributed by atoms with Crippen LogP contribution in [0.3, 0.4) is 0 Å². The van der Waals surface area contributed by atoms with E-state index in [9.17, 15) is 8.42 Å². The fraction of sp³-hybridized carbons (Fsp3) is 0.167. The van der Waals surface area contributed by atoms with Gasteiger partial charge in [0, 0.05) is 0 Å². The Hall–Kier alpha value is -2.19. The average molecular weight is 291 g/mol. The van der Waals surface area contributed by atoms with Crippen LogP contribution in [0.4, 0.5) is 0 Å². The first kappa shape index (κ1) is 12.8. The maximum atomic E-state index is 12.1. The van der Waals surface area contributed by atoms with Crippen LogP contribution in [0.2, 0.25) is 0 Å². The standard InChI is InChI=1S/C12H13N5O2S/c1-8-11(6-13-17-8)20(18,19)14-7-12-15-9-4-2-3-5-10(9)16-12/h2-6,14H,7H2,1H3,(H,13,17)(H,15,16). The molecule has 0 radical (unpaired) electrons. The summed E-state index contributed by atoms with van der Waals surface area (Å²) < 4.78 is 26.7. The van der Waals surface area contributed by atoms with E-state index in [4.69, 9.17) is 0 Å².